The third kappa shape index (κ3) is 4.27. The zero-order chi connectivity index (χ0) is 22.9. The fraction of sp³-hybridized carbons (Fsp3) is 0.333. The Morgan fingerprint density at radius 3 is 2.34 bits per heavy atom. The molecule has 0 saturated heterocycles. The van der Waals surface area contributed by atoms with Gasteiger partial charge in [0, 0.05) is 23.4 Å². The molecule has 1 atom stereocenters. The SMILES string of the molecule is COc1ccc(COc2ccc(C3C(C#N)=C(C)NC4=C3C(=O)CC(C)(C)C4)cc2)cc1. The number of Topliss-reactive ketones (excluding diaryl/α,β-unsaturated/α-hetero) is 1. The number of methoxy groups -OCH3 is 1. The average Bonchev–Trinajstić information content (AvgIpc) is 2.76. The van der Waals surface area contributed by atoms with Gasteiger partial charge in [-0.3, -0.25) is 4.79 Å². The molecule has 1 aliphatic heterocycles. The first-order valence-corrected chi connectivity index (χ1v) is 10.8. The summed E-state index contributed by atoms with van der Waals surface area (Å²) in [4.78, 5) is 13.1. The van der Waals surface area contributed by atoms with Gasteiger partial charge in [0.1, 0.15) is 18.1 Å². The van der Waals surface area contributed by atoms with Gasteiger partial charge in [-0.05, 0) is 54.2 Å². The minimum atomic E-state index is -0.338. The second kappa shape index (κ2) is 8.55. The summed E-state index contributed by atoms with van der Waals surface area (Å²) >= 11 is 0. The van der Waals surface area contributed by atoms with Crippen molar-refractivity contribution in [2.24, 2.45) is 5.41 Å². The molecular weight excluding hydrogens is 400 g/mol. The molecule has 32 heavy (non-hydrogen) atoms. The van der Waals surface area contributed by atoms with Crippen molar-refractivity contribution in [3.63, 3.8) is 0 Å². The molecule has 1 N–H and O–H groups in total. The molecule has 1 aliphatic carbocycles. The number of hydrogen-bond acceptors (Lipinski definition) is 5. The second-order valence-corrected chi connectivity index (χ2v) is 9.25. The van der Waals surface area contributed by atoms with Crippen LogP contribution in [-0.2, 0) is 11.4 Å². The summed E-state index contributed by atoms with van der Waals surface area (Å²) in [5.74, 6) is 1.33. The first kappa shape index (κ1) is 21.7. The highest BCUT2D eigenvalue weighted by Gasteiger charge is 2.41. The summed E-state index contributed by atoms with van der Waals surface area (Å²) in [6, 6.07) is 17.8. The standard InChI is InChI=1S/C27H28N2O3/c1-17-22(15-28)25(26-23(29-17)13-27(2,3)14-24(26)30)19-7-11-21(12-8-19)32-16-18-5-9-20(31-4)10-6-18/h5-12,25,29H,13-14,16H2,1-4H3. The fourth-order valence-corrected chi connectivity index (χ4v) is 4.56. The molecular formula is C27H28N2O3. The van der Waals surface area contributed by atoms with E-state index in [1.807, 2.05) is 55.5 Å². The van der Waals surface area contributed by atoms with Gasteiger partial charge in [-0.25, -0.2) is 0 Å². The second-order valence-electron chi connectivity index (χ2n) is 9.25. The van der Waals surface area contributed by atoms with E-state index in [0.29, 0.717) is 18.6 Å². The lowest BCUT2D eigenvalue weighted by Gasteiger charge is -2.38. The maximum atomic E-state index is 13.1. The van der Waals surface area contributed by atoms with Crippen LogP contribution in [0.25, 0.3) is 0 Å². The lowest BCUT2D eigenvalue weighted by Crippen LogP contribution is -2.36. The lowest BCUT2D eigenvalue weighted by atomic mass is 9.69. The number of nitriles is 1. The van der Waals surface area contributed by atoms with Crippen LogP contribution in [0.1, 0.15) is 50.7 Å². The molecule has 2 aromatic carbocycles. The maximum Gasteiger partial charge on any atom is 0.162 e. The largest absolute Gasteiger partial charge is 0.497 e. The molecule has 0 aromatic heterocycles. The first-order chi connectivity index (χ1) is 15.3. The summed E-state index contributed by atoms with van der Waals surface area (Å²) in [5.41, 5.74) is 5.00. The number of dihydropyridines is 1. The highest BCUT2D eigenvalue weighted by atomic mass is 16.5. The Hall–Kier alpha value is -3.52. The van der Waals surface area contributed by atoms with Crippen molar-refractivity contribution in [1.29, 1.82) is 5.26 Å². The van der Waals surface area contributed by atoms with Crippen molar-refractivity contribution < 1.29 is 14.3 Å². The van der Waals surface area contributed by atoms with E-state index < -0.39 is 0 Å². The Labute approximate surface area is 189 Å². The Morgan fingerprint density at radius 1 is 1.06 bits per heavy atom. The highest BCUT2D eigenvalue weighted by Crippen LogP contribution is 2.46. The minimum Gasteiger partial charge on any atom is -0.497 e. The molecule has 0 bridgehead atoms. The van der Waals surface area contributed by atoms with Crippen molar-refractivity contribution >= 4 is 5.78 Å². The molecule has 5 heteroatoms. The van der Waals surface area contributed by atoms with E-state index in [2.05, 4.69) is 25.2 Å². The van der Waals surface area contributed by atoms with Crippen molar-refractivity contribution in [1.82, 2.24) is 5.32 Å². The average molecular weight is 429 g/mol. The van der Waals surface area contributed by atoms with Crippen LogP contribution in [0, 0.1) is 16.7 Å². The lowest BCUT2D eigenvalue weighted by molar-refractivity contribution is -0.118. The number of carbonyl (C=O) groups excluding carboxylic acids is 1. The van der Waals surface area contributed by atoms with Gasteiger partial charge in [-0.2, -0.15) is 5.26 Å². The van der Waals surface area contributed by atoms with E-state index in [1.54, 1.807) is 7.11 Å². The van der Waals surface area contributed by atoms with Crippen LogP contribution in [-0.4, -0.2) is 12.9 Å². The molecule has 0 spiro atoms. The monoisotopic (exact) mass is 428 g/mol. The minimum absolute atomic E-state index is 0.0863. The molecule has 1 unspecified atom stereocenters. The molecule has 164 valence electrons. The highest BCUT2D eigenvalue weighted by molar-refractivity contribution is 6.00. The van der Waals surface area contributed by atoms with Gasteiger partial charge in [0.2, 0.25) is 0 Å². The Balaban J connectivity index is 1.58. The quantitative estimate of drug-likeness (QED) is 0.690. The van der Waals surface area contributed by atoms with Crippen LogP contribution in [0.15, 0.2) is 71.1 Å². The zero-order valence-corrected chi connectivity index (χ0v) is 19.0. The summed E-state index contributed by atoms with van der Waals surface area (Å²) in [5, 5.41) is 13.2. The summed E-state index contributed by atoms with van der Waals surface area (Å²) in [6.45, 7) is 6.58. The number of ketones is 1. The third-order valence-corrected chi connectivity index (χ3v) is 6.14. The number of hydrogen-bond donors (Lipinski definition) is 1. The topological polar surface area (TPSA) is 71.3 Å². The van der Waals surface area contributed by atoms with E-state index in [4.69, 9.17) is 9.47 Å². The number of rotatable bonds is 5. The van der Waals surface area contributed by atoms with E-state index in [1.165, 1.54) is 0 Å². The zero-order valence-electron chi connectivity index (χ0n) is 19.0. The van der Waals surface area contributed by atoms with Gasteiger partial charge in [0.15, 0.2) is 5.78 Å². The van der Waals surface area contributed by atoms with E-state index >= 15 is 0 Å². The Kier molecular flexibility index (Phi) is 5.80. The van der Waals surface area contributed by atoms with Crippen LogP contribution in [0.3, 0.4) is 0 Å². The third-order valence-electron chi connectivity index (χ3n) is 6.14. The van der Waals surface area contributed by atoms with Gasteiger partial charge in [0.25, 0.3) is 0 Å². The molecule has 2 aliphatic rings. The molecule has 0 saturated carbocycles. The predicted octanol–water partition coefficient (Wildman–Crippen LogP) is 5.40. The first-order valence-electron chi connectivity index (χ1n) is 10.8. The number of nitrogens with zero attached hydrogens (tertiary/aromatic N) is 1. The molecule has 0 fully saturated rings. The molecule has 1 heterocycles. The summed E-state index contributed by atoms with van der Waals surface area (Å²) < 4.78 is 11.1. The summed E-state index contributed by atoms with van der Waals surface area (Å²) in [7, 11) is 1.64. The Bertz CT molecular complexity index is 1130. The van der Waals surface area contributed by atoms with Crippen molar-refractivity contribution in [2.45, 2.75) is 46.1 Å². The maximum absolute atomic E-state index is 13.1. The van der Waals surface area contributed by atoms with Gasteiger partial charge in [-0.1, -0.05) is 38.1 Å². The van der Waals surface area contributed by atoms with Gasteiger partial charge >= 0.3 is 0 Å². The molecule has 4 rings (SSSR count). The van der Waals surface area contributed by atoms with E-state index in [0.717, 1.165) is 46.0 Å². The number of carbonyl (C=O) groups is 1. The van der Waals surface area contributed by atoms with Crippen LogP contribution in [0.5, 0.6) is 11.5 Å². The van der Waals surface area contributed by atoms with E-state index in [9.17, 15) is 10.1 Å². The van der Waals surface area contributed by atoms with Crippen LogP contribution >= 0.6 is 0 Å². The smallest absolute Gasteiger partial charge is 0.162 e. The summed E-state index contributed by atoms with van der Waals surface area (Å²) in [6.07, 6.45) is 1.29. The van der Waals surface area contributed by atoms with Gasteiger partial charge in [-0.15, -0.1) is 0 Å². The van der Waals surface area contributed by atoms with Crippen molar-refractivity contribution in [3.05, 3.63) is 82.2 Å². The molecule has 2 aromatic rings. The predicted molar refractivity (Wildman–Crippen MR) is 123 cm³/mol. The molecule has 0 amide bonds. The van der Waals surface area contributed by atoms with Gasteiger partial charge < -0.3 is 14.8 Å². The number of ether oxygens (including phenoxy) is 2. The van der Waals surface area contributed by atoms with Crippen LogP contribution < -0.4 is 14.8 Å². The van der Waals surface area contributed by atoms with Crippen LogP contribution in [0.4, 0.5) is 0 Å². The van der Waals surface area contributed by atoms with Gasteiger partial charge in [0.05, 0.1) is 24.7 Å². The van der Waals surface area contributed by atoms with Crippen molar-refractivity contribution in [2.75, 3.05) is 7.11 Å². The molecule has 5 nitrogen and oxygen atoms in total. The number of nitrogens with one attached hydrogen (secondary N) is 1. The number of benzene rings is 2. The number of allylic oxidation sites excluding steroid dienone is 4. The Morgan fingerprint density at radius 2 is 1.72 bits per heavy atom. The van der Waals surface area contributed by atoms with E-state index in [-0.39, 0.29) is 17.1 Å². The molecule has 0 radical (unpaired) electrons. The fourth-order valence-electron chi connectivity index (χ4n) is 4.56. The van der Waals surface area contributed by atoms with Crippen LogP contribution in [0.2, 0.25) is 0 Å². The van der Waals surface area contributed by atoms with Crippen molar-refractivity contribution in [3.8, 4) is 17.6 Å². The normalized spacial score (nSPS) is 19.7.